The molecule has 1 aliphatic heterocycles. The third kappa shape index (κ3) is 5.87. The number of nitro benzene ring substituents is 1. The maximum atomic E-state index is 13.0. The summed E-state index contributed by atoms with van der Waals surface area (Å²) in [6.45, 7) is 0. The first-order valence-corrected chi connectivity index (χ1v) is 14.2. The fourth-order valence-corrected chi connectivity index (χ4v) is 5.08. The molecule has 3 N–H and O–H groups in total. The average molecular weight is 573 g/mol. The minimum Gasteiger partial charge on any atom is -0.490 e. The summed E-state index contributed by atoms with van der Waals surface area (Å²) in [6.07, 6.45) is 1.15. The maximum Gasteiger partial charge on any atom is 0.310 e. The zero-order valence-corrected chi connectivity index (χ0v) is 22.7. The van der Waals surface area contributed by atoms with Gasteiger partial charge in [-0.25, -0.2) is 8.42 Å². The number of rotatable bonds is 7. The highest BCUT2D eigenvalue weighted by atomic mass is 32.2. The number of carbonyl (C=O) groups excluding carboxylic acids is 2. The summed E-state index contributed by atoms with van der Waals surface area (Å²) in [4.78, 5) is 36.6. The predicted molar refractivity (Wildman–Crippen MR) is 155 cm³/mol. The van der Waals surface area contributed by atoms with Crippen molar-refractivity contribution in [2.24, 2.45) is 0 Å². The Bertz CT molecular complexity index is 1820. The van der Waals surface area contributed by atoms with Gasteiger partial charge in [0.05, 0.1) is 46.0 Å². The summed E-state index contributed by atoms with van der Waals surface area (Å²) in [5.41, 5.74) is 4.34. The van der Waals surface area contributed by atoms with Crippen LogP contribution < -0.4 is 20.7 Å². The lowest BCUT2D eigenvalue weighted by Crippen LogP contribution is -2.15. The van der Waals surface area contributed by atoms with Gasteiger partial charge in [-0.05, 0) is 71.3 Å². The number of ether oxygens (including phenoxy) is 1. The van der Waals surface area contributed by atoms with Gasteiger partial charge in [0.2, 0.25) is 5.91 Å². The van der Waals surface area contributed by atoms with Crippen LogP contribution in [0.15, 0.2) is 83.8 Å². The molecule has 0 unspecified atom stereocenters. The predicted octanol–water partition coefficient (Wildman–Crippen LogP) is 5.16. The molecule has 0 spiro atoms. The molecule has 41 heavy (non-hydrogen) atoms. The molecule has 0 radical (unpaired) electrons. The normalized spacial score (nSPS) is 12.2. The van der Waals surface area contributed by atoms with E-state index in [9.17, 15) is 28.1 Å². The van der Waals surface area contributed by atoms with Crippen molar-refractivity contribution in [3.63, 3.8) is 0 Å². The Morgan fingerprint density at radius 2 is 1.61 bits per heavy atom. The van der Waals surface area contributed by atoms with Gasteiger partial charge in [-0.2, -0.15) is 0 Å². The summed E-state index contributed by atoms with van der Waals surface area (Å²) in [6, 6.07) is 20.9. The number of carbonyl (C=O) groups is 2. The summed E-state index contributed by atoms with van der Waals surface area (Å²) >= 11 is 0. The Balaban J connectivity index is 1.35. The number of anilines is 4. The number of nitrogens with zero attached hydrogens (tertiary/aromatic N) is 1. The molecule has 0 fully saturated rings. The van der Waals surface area contributed by atoms with E-state index in [1.807, 2.05) is 0 Å². The molecule has 0 atom stereocenters. The van der Waals surface area contributed by atoms with Gasteiger partial charge in [-0.3, -0.25) is 19.7 Å². The second-order valence-corrected chi connectivity index (χ2v) is 11.4. The van der Waals surface area contributed by atoms with Crippen LogP contribution >= 0.6 is 0 Å². The van der Waals surface area contributed by atoms with Gasteiger partial charge in [0.1, 0.15) is 0 Å². The molecule has 0 saturated heterocycles. The van der Waals surface area contributed by atoms with E-state index in [2.05, 4.69) is 16.0 Å². The van der Waals surface area contributed by atoms with Crippen LogP contribution in [0.5, 0.6) is 5.75 Å². The zero-order valence-electron chi connectivity index (χ0n) is 21.9. The number of benzene rings is 4. The Labute approximate surface area is 235 Å². The zero-order chi connectivity index (χ0) is 29.3. The topological polar surface area (TPSA) is 157 Å². The van der Waals surface area contributed by atoms with Crippen LogP contribution in [0.4, 0.5) is 28.4 Å². The van der Waals surface area contributed by atoms with Crippen LogP contribution in [0.25, 0.3) is 11.1 Å². The van der Waals surface area contributed by atoms with Gasteiger partial charge in [0.25, 0.3) is 5.91 Å². The Hall–Kier alpha value is -5.23. The average Bonchev–Trinajstić information content (AvgIpc) is 3.07. The van der Waals surface area contributed by atoms with Gasteiger partial charge in [-0.15, -0.1) is 0 Å². The smallest absolute Gasteiger partial charge is 0.310 e. The highest BCUT2D eigenvalue weighted by Gasteiger charge is 2.21. The van der Waals surface area contributed by atoms with E-state index in [1.54, 1.807) is 60.7 Å². The fraction of sp³-hybridized carbons (Fsp3) is 0.103. The summed E-state index contributed by atoms with van der Waals surface area (Å²) in [5.74, 6) is -0.538. The van der Waals surface area contributed by atoms with E-state index in [0.717, 1.165) is 6.26 Å². The minimum absolute atomic E-state index is 0.0351. The quantitative estimate of drug-likeness (QED) is 0.202. The molecule has 0 saturated carbocycles. The van der Waals surface area contributed by atoms with Crippen molar-refractivity contribution < 1.29 is 27.7 Å². The molecule has 2 amide bonds. The van der Waals surface area contributed by atoms with Crippen molar-refractivity contribution in [3.05, 3.63) is 100 Å². The molecule has 1 heterocycles. The Morgan fingerprint density at radius 1 is 0.902 bits per heavy atom. The van der Waals surface area contributed by atoms with E-state index >= 15 is 0 Å². The first-order chi connectivity index (χ1) is 19.5. The van der Waals surface area contributed by atoms with E-state index in [1.165, 1.54) is 25.3 Å². The highest BCUT2D eigenvalue weighted by molar-refractivity contribution is 7.90. The highest BCUT2D eigenvalue weighted by Crippen LogP contribution is 2.38. The van der Waals surface area contributed by atoms with Gasteiger partial charge in [-0.1, -0.05) is 18.2 Å². The lowest BCUT2D eigenvalue weighted by Gasteiger charge is -2.12. The molecule has 4 aromatic rings. The second kappa shape index (κ2) is 10.7. The lowest BCUT2D eigenvalue weighted by molar-refractivity contribution is -0.385. The van der Waals surface area contributed by atoms with Gasteiger partial charge < -0.3 is 20.7 Å². The minimum atomic E-state index is -3.33. The summed E-state index contributed by atoms with van der Waals surface area (Å²) < 4.78 is 28.5. The summed E-state index contributed by atoms with van der Waals surface area (Å²) in [7, 11) is -1.96. The van der Waals surface area contributed by atoms with Crippen LogP contribution in [0, 0.1) is 10.1 Å². The molecular formula is C29H24N4O7S. The van der Waals surface area contributed by atoms with Crippen LogP contribution in [-0.4, -0.2) is 38.5 Å². The molecule has 0 aliphatic carbocycles. The van der Waals surface area contributed by atoms with Crippen LogP contribution in [0.1, 0.15) is 15.9 Å². The van der Waals surface area contributed by atoms with Crippen molar-refractivity contribution in [2.45, 2.75) is 11.3 Å². The van der Waals surface area contributed by atoms with Crippen LogP contribution in [0.2, 0.25) is 0 Å². The van der Waals surface area contributed by atoms with E-state index in [0.29, 0.717) is 45.0 Å². The SMILES string of the molecule is COc1cc(-c2ccc3c(c2)Nc2ccc(NC(=O)Cc4ccc(S(C)(=O)=O)cc4)cc2NC3=O)ccc1[N+](=O)[O-]. The van der Waals surface area contributed by atoms with Crippen molar-refractivity contribution in [1.82, 2.24) is 0 Å². The molecular weight excluding hydrogens is 548 g/mol. The molecule has 0 aromatic heterocycles. The number of hydrogen-bond acceptors (Lipinski definition) is 8. The monoisotopic (exact) mass is 572 g/mol. The van der Waals surface area contributed by atoms with Crippen molar-refractivity contribution in [2.75, 3.05) is 29.3 Å². The van der Waals surface area contributed by atoms with Crippen LogP contribution in [0.3, 0.4) is 0 Å². The third-order valence-electron chi connectivity index (χ3n) is 6.51. The first kappa shape index (κ1) is 27.3. The van der Waals surface area contributed by atoms with E-state index < -0.39 is 14.8 Å². The third-order valence-corrected chi connectivity index (χ3v) is 7.64. The maximum absolute atomic E-state index is 13.0. The Morgan fingerprint density at radius 3 is 2.29 bits per heavy atom. The number of hydrogen-bond donors (Lipinski definition) is 3. The van der Waals surface area contributed by atoms with Crippen LogP contribution in [-0.2, 0) is 21.1 Å². The summed E-state index contributed by atoms with van der Waals surface area (Å²) in [5, 5.41) is 20.2. The Kier molecular flexibility index (Phi) is 7.16. The van der Waals surface area contributed by atoms with Gasteiger partial charge >= 0.3 is 5.69 Å². The van der Waals surface area contributed by atoms with Crippen molar-refractivity contribution in [1.29, 1.82) is 0 Å². The molecule has 1 aliphatic rings. The lowest BCUT2D eigenvalue weighted by atomic mass is 10.0. The molecule has 208 valence electrons. The van der Waals surface area contributed by atoms with Crippen molar-refractivity contribution in [3.8, 4) is 16.9 Å². The molecule has 12 heteroatoms. The molecule has 5 rings (SSSR count). The second-order valence-electron chi connectivity index (χ2n) is 9.38. The number of sulfone groups is 1. The number of nitro groups is 1. The standard InChI is InChI=1S/C29H24N4O7S/c1-40-27-15-19(6-12-26(27)33(36)37)18-5-10-22-24(14-18)31-23-11-7-20(16-25(23)32-29(22)35)30-28(34)13-17-3-8-21(9-4-17)41(2,38)39/h3-12,14-16,31H,13H2,1-2H3,(H,30,34)(H,32,35). The molecule has 11 nitrogen and oxygen atoms in total. The number of amides is 2. The van der Waals surface area contributed by atoms with E-state index in [4.69, 9.17) is 4.74 Å². The molecule has 4 aromatic carbocycles. The van der Waals surface area contributed by atoms with E-state index in [-0.39, 0.29) is 34.6 Å². The van der Waals surface area contributed by atoms with Gasteiger partial charge in [0.15, 0.2) is 15.6 Å². The molecule has 0 bridgehead atoms. The first-order valence-electron chi connectivity index (χ1n) is 12.3. The number of nitrogens with one attached hydrogen (secondary N) is 3. The largest absolute Gasteiger partial charge is 0.490 e. The van der Waals surface area contributed by atoms with Gasteiger partial charge in [0, 0.05) is 18.0 Å². The van der Waals surface area contributed by atoms with Crippen molar-refractivity contribution >= 4 is 50.1 Å². The number of methoxy groups -OCH3 is 1. The fourth-order valence-electron chi connectivity index (χ4n) is 4.45. The number of fused-ring (bicyclic) bond motifs is 2.